The van der Waals surface area contributed by atoms with Crippen molar-refractivity contribution in [1.82, 2.24) is 9.36 Å². The van der Waals surface area contributed by atoms with Crippen LogP contribution < -0.4 is 4.90 Å². The number of hydrogen-bond donors (Lipinski definition) is 0. The molecule has 2 aromatic rings. The number of nitrogens with zero attached hydrogens (tertiary/aromatic N) is 3. The molecule has 0 bridgehead atoms. The van der Waals surface area contributed by atoms with Gasteiger partial charge in [-0.1, -0.05) is 0 Å². The van der Waals surface area contributed by atoms with E-state index in [1.807, 2.05) is 7.05 Å². The third-order valence-electron chi connectivity index (χ3n) is 2.06. The van der Waals surface area contributed by atoms with Gasteiger partial charge in [0, 0.05) is 32.2 Å². The molecule has 6 heteroatoms. The highest BCUT2D eigenvalue weighted by Crippen LogP contribution is 2.19. The van der Waals surface area contributed by atoms with E-state index in [-0.39, 0.29) is 0 Å². The first kappa shape index (κ1) is 11.5. The zero-order valence-corrected chi connectivity index (χ0v) is 10.8. The van der Waals surface area contributed by atoms with Crippen LogP contribution in [0, 0.1) is 0 Å². The van der Waals surface area contributed by atoms with Crippen LogP contribution >= 0.6 is 22.9 Å². The SMILES string of the molecule is COCc1nsc(N(C)Cc2ccsc2)n1. The summed E-state index contributed by atoms with van der Waals surface area (Å²) >= 11 is 3.12. The first-order chi connectivity index (χ1) is 7.79. The zero-order valence-electron chi connectivity index (χ0n) is 9.21. The van der Waals surface area contributed by atoms with Crippen LogP contribution in [0.1, 0.15) is 11.4 Å². The van der Waals surface area contributed by atoms with Gasteiger partial charge in [-0.25, -0.2) is 4.98 Å². The second-order valence-corrected chi connectivity index (χ2v) is 4.92. The quantitative estimate of drug-likeness (QED) is 0.822. The van der Waals surface area contributed by atoms with Crippen molar-refractivity contribution in [1.29, 1.82) is 0 Å². The van der Waals surface area contributed by atoms with Gasteiger partial charge >= 0.3 is 0 Å². The number of methoxy groups -OCH3 is 1. The van der Waals surface area contributed by atoms with E-state index in [9.17, 15) is 0 Å². The lowest BCUT2D eigenvalue weighted by molar-refractivity contribution is 0.179. The minimum atomic E-state index is 0.475. The van der Waals surface area contributed by atoms with E-state index in [2.05, 4.69) is 31.1 Å². The molecular formula is C10H13N3OS2. The zero-order chi connectivity index (χ0) is 11.4. The molecule has 16 heavy (non-hydrogen) atoms. The second-order valence-electron chi connectivity index (χ2n) is 3.41. The van der Waals surface area contributed by atoms with Crippen molar-refractivity contribution < 1.29 is 4.74 Å². The van der Waals surface area contributed by atoms with Crippen molar-refractivity contribution in [2.75, 3.05) is 19.1 Å². The van der Waals surface area contributed by atoms with E-state index in [4.69, 9.17) is 4.74 Å². The Balaban J connectivity index is 2.00. The fraction of sp³-hybridized carbons (Fsp3) is 0.400. The van der Waals surface area contributed by atoms with Crippen LogP contribution in [0.2, 0.25) is 0 Å². The molecule has 2 aromatic heterocycles. The van der Waals surface area contributed by atoms with Crippen LogP contribution in [0.25, 0.3) is 0 Å². The topological polar surface area (TPSA) is 38.2 Å². The van der Waals surface area contributed by atoms with E-state index >= 15 is 0 Å². The molecule has 0 saturated carbocycles. The van der Waals surface area contributed by atoms with Crippen LogP contribution in [0.4, 0.5) is 5.13 Å². The van der Waals surface area contributed by atoms with Crippen LogP contribution in [0.15, 0.2) is 16.8 Å². The molecule has 86 valence electrons. The van der Waals surface area contributed by atoms with E-state index in [0.717, 1.165) is 17.5 Å². The summed E-state index contributed by atoms with van der Waals surface area (Å²) in [4.78, 5) is 6.49. The molecule has 0 radical (unpaired) electrons. The maximum atomic E-state index is 4.99. The lowest BCUT2D eigenvalue weighted by atomic mass is 10.3. The maximum Gasteiger partial charge on any atom is 0.205 e. The van der Waals surface area contributed by atoms with Gasteiger partial charge in [0.1, 0.15) is 6.61 Å². The summed E-state index contributed by atoms with van der Waals surface area (Å²) in [6.07, 6.45) is 0. The third kappa shape index (κ3) is 2.78. The first-order valence-corrected chi connectivity index (χ1v) is 6.55. The fourth-order valence-corrected chi connectivity index (χ4v) is 2.60. The Morgan fingerprint density at radius 1 is 1.50 bits per heavy atom. The average molecular weight is 255 g/mol. The molecule has 2 rings (SSSR count). The molecular weight excluding hydrogens is 242 g/mol. The Labute approximate surface area is 103 Å². The Morgan fingerprint density at radius 2 is 2.38 bits per heavy atom. The summed E-state index contributed by atoms with van der Waals surface area (Å²) in [6.45, 7) is 1.34. The number of hydrogen-bond acceptors (Lipinski definition) is 6. The molecule has 0 aliphatic carbocycles. The molecule has 0 unspecified atom stereocenters. The predicted octanol–water partition coefficient (Wildman–Crippen LogP) is 2.38. The van der Waals surface area contributed by atoms with Crippen LogP contribution in [-0.2, 0) is 17.9 Å². The van der Waals surface area contributed by atoms with Crippen LogP contribution in [-0.4, -0.2) is 23.5 Å². The molecule has 0 saturated heterocycles. The summed E-state index contributed by atoms with van der Waals surface area (Å²) < 4.78 is 9.21. The van der Waals surface area contributed by atoms with E-state index < -0.39 is 0 Å². The van der Waals surface area contributed by atoms with Crippen molar-refractivity contribution in [3.63, 3.8) is 0 Å². The molecule has 0 N–H and O–H groups in total. The van der Waals surface area contributed by atoms with Crippen molar-refractivity contribution >= 4 is 28.0 Å². The molecule has 0 atom stereocenters. The normalized spacial score (nSPS) is 10.6. The molecule has 0 aromatic carbocycles. The molecule has 0 fully saturated rings. The number of anilines is 1. The first-order valence-electron chi connectivity index (χ1n) is 4.83. The Morgan fingerprint density at radius 3 is 3.06 bits per heavy atom. The van der Waals surface area contributed by atoms with Gasteiger partial charge in [0.25, 0.3) is 0 Å². The monoisotopic (exact) mass is 255 g/mol. The number of rotatable bonds is 5. The highest BCUT2D eigenvalue weighted by atomic mass is 32.1. The van der Waals surface area contributed by atoms with Crippen molar-refractivity contribution in [3.8, 4) is 0 Å². The Kier molecular flexibility index (Phi) is 3.87. The maximum absolute atomic E-state index is 4.99. The average Bonchev–Trinajstić information content (AvgIpc) is 2.89. The number of thiophene rings is 1. The van der Waals surface area contributed by atoms with Crippen molar-refractivity contribution in [3.05, 3.63) is 28.2 Å². The van der Waals surface area contributed by atoms with Gasteiger partial charge in [-0.2, -0.15) is 15.7 Å². The molecule has 0 spiro atoms. The highest BCUT2D eigenvalue weighted by molar-refractivity contribution is 7.09. The Bertz CT molecular complexity index is 427. The second kappa shape index (κ2) is 5.38. The van der Waals surface area contributed by atoms with Gasteiger partial charge in [0.15, 0.2) is 5.82 Å². The van der Waals surface area contributed by atoms with Crippen LogP contribution in [0.3, 0.4) is 0 Å². The van der Waals surface area contributed by atoms with E-state index in [1.165, 1.54) is 17.1 Å². The smallest absolute Gasteiger partial charge is 0.205 e. The van der Waals surface area contributed by atoms with E-state index in [1.54, 1.807) is 18.4 Å². The summed E-state index contributed by atoms with van der Waals surface area (Å²) in [5.41, 5.74) is 1.30. The van der Waals surface area contributed by atoms with Crippen molar-refractivity contribution in [2.24, 2.45) is 0 Å². The van der Waals surface area contributed by atoms with Gasteiger partial charge < -0.3 is 9.64 Å². The highest BCUT2D eigenvalue weighted by Gasteiger charge is 2.09. The van der Waals surface area contributed by atoms with Gasteiger partial charge in [-0.3, -0.25) is 0 Å². The minimum absolute atomic E-state index is 0.475. The van der Waals surface area contributed by atoms with Gasteiger partial charge in [0.2, 0.25) is 5.13 Å². The van der Waals surface area contributed by atoms with Gasteiger partial charge in [-0.15, -0.1) is 0 Å². The molecule has 0 aliphatic rings. The molecule has 0 amide bonds. The molecule has 2 heterocycles. The van der Waals surface area contributed by atoms with E-state index in [0.29, 0.717) is 6.61 Å². The van der Waals surface area contributed by atoms with Gasteiger partial charge in [-0.05, 0) is 22.4 Å². The summed E-state index contributed by atoms with van der Waals surface area (Å²) in [6, 6.07) is 2.12. The summed E-state index contributed by atoms with van der Waals surface area (Å²) in [5, 5.41) is 5.16. The third-order valence-corrected chi connectivity index (χ3v) is 3.66. The lowest BCUT2D eigenvalue weighted by Gasteiger charge is -2.13. The lowest BCUT2D eigenvalue weighted by Crippen LogP contribution is -2.15. The van der Waals surface area contributed by atoms with Crippen molar-refractivity contribution in [2.45, 2.75) is 13.2 Å². The molecule has 4 nitrogen and oxygen atoms in total. The predicted molar refractivity (Wildman–Crippen MR) is 67.0 cm³/mol. The standard InChI is InChI=1S/C10H13N3OS2/c1-13(5-8-3-4-15-7-8)10-11-9(6-14-2)12-16-10/h3-4,7H,5-6H2,1-2H3. The fourth-order valence-electron chi connectivity index (χ4n) is 1.31. The Hall–Kier alpha value is -0.980. The number of aromatic nitrogens is 2. The summed E-state index contributed by atoms with van der Waals surface area (Å²) in [7, 11) is 3.67. The summed E-state index contributed by atoms with van der Waals surface area (Å²) in [5.74, 6) is 0.750. The van der Waals surface area contributed by atoms with Crippen LogP contribution in [0.5, 0.6) is 0 Å². The minimum Gasteiger partial charge on any atom is -0.377 e. The largest absolute Gasteiger partial charge is 0.377 e. The van der Waals surface area contributed by atoms with Gasteiger partial charge in [0.05, 0.1) is 0 Å². The molecule has 0 aliphatic heterocycles. The number of ether oxygens (including phenoxy) is 1.